The Labute approximate surface area is 139 Å². The van der Waals surface area contributed by atoms with Gasteiger partial charge in [0.15, 0.2) is 5.43 Å². The summed E-state index contributed by atoms with van der Waals surface area (Å²) in [4.78, 5) is 27.0. The highest BCUT2D eigenvalue weighted by molar-refractivity contribution is 5.80. The fourth-order valence-corrected chi connectivity index (χ4v) is 2.70. The molecule has 1 atom stereocenters. The highest BCUT2D eigenvalue weighted by Gasteiger charge is 2.15. The molecular weight excluding hydrogens is 302 g/mol. The molecule has 0 saturated heterocycles. The number of aromatic amines is 1. The van der Waals surface area contributed by atoms with E-state index in [4.69, 9.17) is 5.73 Å². The standard InChI is InChI=1S/C19H19N3O2/c20-19(24)17(10-13-6-2-1-3-7-13)21-12-14-11-18(23)15-8-4-5-9-16(15)22-14/h1-9,11,17,21H,10,12H2,(H2,20,24)(H,22,23). The van der Waals surface area contributed by atoms with Crippen molar-refractivity contribution in [2.75, 3.05) is 0 Å². The molecule has 0 aliphatic heterocycles. The Bertz CT molecular complexity index is 903. The molecule has 1 heterocycles. The van der Waals surface area contributed by atoms with Gasteiger partial charge in [-0.3, -0.25) is 14.9 Å². The molecule has 5 heteroatoms. The summed E-state index contributed by atoms with van der Waals surface area (Å²) < 4.78 is 0. The van der Waals surface area contributed by atoms with Crippen LogP contribution in [-0.4, -0.2) is 16.9 Å². The van der Waals surface area contributed by atoms with Crippen LogP contribution in [0.25, 0.3) is 10.9 Å². The van der Waals surface area contributed by atoms with Gasteiger partial charge in [0.2, 0.25) is 5.91 Å². The van der Waals surface area contributed by atoms with E-state index >= 15 is 0 Å². The molecular formula is C19H19N3O2. The first-order chi connectivity index (χ1) is 11.6. The van der Waals surface area contributed by atoms with Gasteiger partial charge in [0.25, 0.3) is 0 Å². The van der Waals surface area contributed by atoms with Crippen LogP contribution >= 0.6 is 0 Å². The van der Waals surface area contributed by atoms with Crippen LogP contribution in [0.2, 0.25) is 0 Å². The number of H-pyrrole nitrogens is 1. The molecule has 0 saturated carbocycles. The van der Waals surface area contributed by atoms with E-state index in [0.717, 1.165) is 16.8 Å². The molecule has 0 radical (unpaired) electrons. The van der Waals surface area contributed by atoms with Gasteiger partial charge in [-0.05, 0) is 24.1 Å². The number of pyridine rings is 1. The number of aromatic nitrogens is 1. The Morgan fingerprint density at radius 1 is 1.08 bits per heavy atom. The summed E-state index contributed by atoms with van der Waals surface area (Å²) in [6, 6.07) is 18.1. The molecule has 2 aromatic carbocycles. The van der Waals surface area contributed by atoms with Crippen LogP contribution in [0.4, 0.5) is 0 Å². The van der Waals surface area contributed by atoms with Crippen molar-refractivity contribution in [3.8, 4) is 0 Å². The molecule has 1 aromatic heterocycles. The number of carbonyl (C=O) groups is 1. The third-order valence-electron chi connectivity index (χ3n) is 3.96. The van der Waals surface area contributed by atoms with Crippen LogP contribution < -0.4 is 16.5 Å². The van der Waals surface area contributed by atoms with Gasteiger partial charge >= 0.3 is 0 Å². The Balaban J connectivity index is 1.75. The van der Waals surface area contributed by atoms with Crippen molar-refractivity contribution in [3.05, 3.63) is 82.1 Å². The van der Waals surface area contributed by atoms with Crippen LogP contribution in [0.3, 0.4) is 0 Å². The fraction of sp³-hybridized carbons (Fsp3) is 0.158. The maximum absolute atomic E-state index is 12.1. The van der Waals surface area contributed by atoms with Crippen molar-refractivity contribution in [2.45, 2.75) is 19.0 Å². The van der Waals surface area contributed by atoms with Crippen molar-refractivity contribution < 1.29 is 4.79 Å². The number of hydrogen-bond donors (Lipinski definition) is 3. The molecule has 1 amide bonds. The maximum atomic E-state index is 12.1. The van der Waals surface area contributed by atoms with Gasteiger partial charge in [0.05, 0.1) is 6.04 Å². The van der Waals surface area contributed by atoms with Crippen molar-refractivity contribution in [1.82, 2.24) is 10.3 Å². The van der Waals surface area contributed by atoms with Crippen LogP contribution in [0.5, 0.6) is 0 Å². The maximum Gasteiger partial charge on any atom is 0.234 e. The molecule has 0 aliphatic carbocycles. The number of hydrogen-bond acceptors (Lipinski definition) is 3. The minimum absolute atomic E-state index is 0.0418. The third-order valence-corrected chi connectivity index (χ3v) is 3.96. The first-order valence-electron chi connectivity index (χ1n) is 7.81. The minimum Gasteiger partial charge on any atom is -0.368 e. The Kier molecular flexibility index (Phi) is 4.72. The lowest BCUT2D eigenvalue weighted by molar-refractivity contribution is -0.120. The SMILES string of the molecule is NC(=O)C(Cc1ccccc1)NCc1cc(=O)c2ccccc2[nH]1. The highest BCUT2D eigenvalue weighted by atomic mass is 16.1. The molecule has 24 heavy (non-hydrogen) atoms. The Morgan fingerprint density at radius 2 is 1.79 bits per heavy atom. The summed E-state index contributed by atoms with van der Waals surface area (Å²) in [5, 5.41) is 3.78. The van der Waals surface area contributed by atoms with E-state index in [1.165, 1.54) is 0 Å². The lowest BCUT2D eigenvalue weighted by Gasteiger charge is -2.16. The van der Waals surface area contributed by atoms with Gasteiger partial charge in [-0.1, -0.05) is 42.5 Å². The Hall–Kier alpha value is -2.92. The predicted octanol–water partition coefficient (Wildman–Crippen LogP) is 1.71. The zero-order chi connectivity index (χ0) is 16.9. The van der Waals surface area contributed by atoms with E-state index in [-0.39, 0.29) is 5.43 Å². The zero-order valence-electron chi connectivity index (χ0n) is 13.2. The normalized spacial score (nSPS) is 12.2. The van der Waals surface area contributed by atoms with Crippen molar-refractivity contribution in [1.29, 1.82) is 0 Å². The number of para-hydroxylation sites is 1. The first kappa shape index (κ1) is 16.0. The molecule has 0 fully saturated rings. The summed E-state index contributed by atoms with van der Waals surface area (Å²) in [6.45, 7) is 0.362. The van der Waals surface area contributed by atoms with Crippen molar-refractivity contribution >= 4 is 16.8 Å². The molecule has 0 bridgehead atoms. The van der Waals surface area contributed by atoms with Crippen LogP contribution in [0.15, 0.2) is 65.5 Å². The Morgan fingerprint density at radius 3 is 2.54 bits per heavy atom. The van der Waals surface area contributed by atoms with E-state index in [2.05, 4.69) is 10.3 Å². The van der Waals surface area contributed by atoms with Gasteiger partial charge in [0, 0.05) is 29.2 Å². The van der Waals surface area contributed by atoms with Crippen LogP contribution in [0, 0.1) is 0 Å². The largest absolute Gasteiger partial charge is 0.368 e. The average Bonchev–Trinajstić information content (AvgIpc) is 2.59. The highest BCUT2D eigenvalue weighted by Crippen LogP contribution is 2.08. The molecule has 0 aliphatic rings. The summed E-state index contributed by atoms with van der Waals surface area (Å²) >= 11 is 0. The predicted molar refractivity (Wildman–Crippen MR) is 94.5 cm³/mol. The second-order valence-corrected chi connectivity index (χ2v) is 5.73. The van der Waals surface area contributed by atoms with Crippen molar-refractivity contribution in [2.24, 2.45) is 5.73 Å². The van der Waals surface area contributed by atoms with E-state index in [1.54, 1.807) is 12.1 Å². The van der Waals surface area contributed by atoms with Gasteiger partial charge in [-0.15, -0.1) is 0 Å². The van der Waals surface area contributed by atoms with E-state index < -0.39 is 11.9 Å². The number of benzene rings is 2. The number of primary amides is 1. The number of amides is 1. The topological polar surface area (TPSA) is 88.0 Å². The number of nitrogens with one attached hydrogen (secondary N) is 2. The molecule has 122 valence electrons. The third kappa shape index (κ3) is 3.70. The van der Waals surface area contributed by atoms with Crippen LogP contribution in [-0.2, 0) is 17.8 Å². The average molecular weight is 321 g/mol. The van der Waals surface area contributed by atoms with E-state index in [1.807, 2.05) is 48.5 Å². The number of carbonyl (C=O) groups excluding carboxylic acids is 1. The molecule has 3 rings (SSSR count). The molecule has 4 N–H and O–H groups in total. The second kappa shape index (κ2) is 7.10. The van der Waals surface area contributed by atoms with E-state index in [9.17, 15) is 9.59 Å². The van der Waals surface area contributed by atoms with Gasteiger partial charge < -0.3 is 10.7 Å². The first-order valence-corrected chi connectivity index (χ1v) is 7.81. The lowest BCUT2D eigenvalue weighted by atomic mass is 10.1. The molecule has 5 nitrogen and oxygen atoms in total. The fourth-order valence-electron chi connectivity index (χ4n) is 2.70. The van der Waals surface area contributed by atoms with Crippen LogP contribution in [0.1, 0.15) is 11.3 Å². The second-order valence-electron chi connectivity index (χ2n) is 5.73. The van der Waals surface area contributed by atoms with E-state index in [0.29, 0.717) is 18.4 Å². The van der Waals surface area contributed by atoms with Gasteiger partial charge in [0.1, 0.15) is 0 Å². The molecule has 1 unspecified atom stereocenters. The van der Waals surface area contributed by atoms with Gasteiger partial charge in [-0.2, -0.15) is 0 Å². The van der Waals surface area contributed by atoms with Crippen molar-refractivity contribution in [3.63, 3.8) is 0 Å². The molecule has 3 aromatic rings. The summed E-state index contributed by atoms with van der Waals surface area (Å²) in [7, 11) is 0. The lowest BCUT2D eigenvalue weighted by Crippen LogP contribution is -2.42. The summed E-state index contributed by atoms with van der Waals surface area (Å²) in [5.74, 6) is -0.415. The minimum atomic E-state index is -0.498. The number of rotatable bonds is 6. The zero-order valence-corrected chi connectivity index (χ0v) is 13.2. The number of nitrogens with two attached hydrogens (primary N) is 1. The summed E-state index contributed by atoms with van der Waals surface area (Å²) in [6.07, 6.45) is 0.508. The quantitative estimate of drug-likeness (QED) is 0.646. The van der Waals surface area contributed by atoms with Gasteiger partial charge in [-0.25, -0.2) is 0 Å². The molecule has 0 spiro atoms. The smallest absolute Gasteiger partial charge is 0.234 e. The monoisotopic (exact) mass is 321 g/mol. The number of fused-ring (bicyclic) bond motifs is 1. The summed E-state index contributed by atoms with van der Waals surface area (Å²) in [5.41, 5.74) is 7.98.